The number of likely N-dealkylation sites (tertiary alicyclic amines) is 1. The zero-order valence-electron chi connectivity index (χ0n) is 13.7. The Kier molecular flexibility index (Phi) is 6.52. The number of urea groups is 1. The van der Waals surface area contributed by atoms with Crippen LogP contribution in [0, 0.1) is 17.8 Å². The summed E-state index contributed by atoms with van der Waals surface area (Å²) in [6, 6.07) is -0.00957. The van der Waals surface area contributed by atoms with Gasteiger partial charge in [-0.3, -0.25) is 4.79 Å². The predicted octanol–water partition coefficient (Wildman–Crippen LogP) is 3.10. The topological polar surface area (TPSA) is 69.6 Å². The molecule has 2 unspecified atom stereocenters. The van der Waals surface area contributed by atoms with E-state index < -0.39 is 5.97 Å². The molecule has 0 bridgehead atoms. The maximum Gasteiger partial charge on any atom is 0.317 e. The highest BCUT2D eigenvalue weighted by atomic mass is 16.4. The van der Waals surface area contributed by atoms with Gasteiger partial charge in [0, 0.05) is 19.6 Å². The van der Waals surface area contributed by atoms with Crippen LogP contribution >= 0.6 is 0 Å². The van der Waals surface area contributed by atoms with Crippen LogP contribution in [-0.2, 0) is 4.79 Å². The molecule has 1 aliphatic heterocycles. The van der Waals surface area contributed by atoms with Crippen LogP contribution in [0.4, 0.5) is 4.79 Å². The summed E-state index contributed by atoms with van der Waals surface area (Å²) < 4.78 is 0. The number of aliphatic carboxylic acids is 1. The molecule has 2 fully saturated rings. The molecule has 126 valence electrons. The van der Waals surface area contributed by atoms with E-state index in [-0.39, 0.29) is 11.9 Å². The van der Waals surface area contributed by atoms with Crippen molar-refractivity contribution in [3.63, 3.8) is 0 Å². The maximum atomic E-state index is 12.2. The minimum Gasteiger partial charge on any atom is -0.481 e. The molecular formula is C17H30N2O3. The summed E-state index contributed by atoms with van der Waals surface area (Å²) in [6.45, 7) is 4.14. The van der Waals surface area contributed by atoms with E-state index >= 15 is 0 Å². The van der Waals surface area contributed by atoms with Crippen LogP contribution in [0.5, 0.6) is 0 Å². The van der Waals surface area contributed by atoms with Crippen LogP contribution in [0.1, 0.15) is 58.3 Å². The van der Waals surface area contributed by atoms with Crippen LogP contribution in [-0.4, -0.2) is 41.6 Å². The summed E-state index contributed by atoms with van der Waals surface area (Å²) in [7, 11) is 0. The van der Waals surface area contributed by atoms with Gasteiger partial charge in [0.2, 0.25) is 0 Å². The first-order chi connectivity index (χ1) is 10.6. The van der Waals surface area contributed by atoms with Gasteiger partial charge >= 0.3 is 12.0 Å². The lowest BCUT2D eigenvalue weighted by Gasteiger charge is -2.34. The van der Waals surface area contributed by atoms with Gasteiger partial charge in [-0.15, -0.1) is 0 Å². The van der Waals surface area contributed by atoms with Gasteiger partial charge in [0.1, 0.15) is 0 Å². The Morgan fingerprint density at radius 3 is 2.32 bits per heavy atom. The van der Waals surface area contributed by atoms with Gasteiger partial charge in [-0.05, 0) is 31.1 Å². The number of carboxylic acid groups (broad SMARTS) is 1. The van der Waals surface area contributed by atoms with Gasteiger partial charge in [-0.2, -0.15) is 0 Å². The van der Waals surface area contributed by atoms with Gasteiger partial charge in [0.05, 0.1) is 5.92 Å². The Morgan fingerprint density at radius 2 is 1.73 bits per heavy atom. The summed E-state index contributed by atoms with van der Waals surface area (Å²) in [6.07, 6.45) is 8.78. The van der Waals surface area contributed by atoms with Crippen molar-refractivity contribution in [2.75, 3.05) is 19.6 Å². The lowest BCUT2D eigenvalue weighted by atomic mass is 9.77. The summed E-state index contributed by atoms with van der Waals surface area (Å²) in [5, 5.41) is 12.1. The zero-order chi connectivity index (χ0) is 15.9. The Bertz CT molecular complexity index is 376. The van der Waals surface area contributed by atoms with E-state index in [4.69, 9.17) is 5.11 Å². The lowest BCUT2D eigenvalue weighted by molar-refractivity contribution is -0.143. The number of carbonyl (C=O) groups is 2. The molecule has 2 aliphatic rings. The minimum absolute atomic E-state index is 0.00957. The van der Waals surface area contributed by atoms with Crippen LogP contribution in [0.15, 0.2) is 0 Å². The lowest BCUT2D eigenvalue weighted by Crippen LogP contribution is -2.47. The average Bonchev–Trinajstić information content (AvgIpc) is 2.54. The molecule has 5 nitrogen and oxygen atoms in total. The summed E-state index contributed by atoms with van der Waals surface area (Å²) in [5.41, 5.74) is 0. The number of piperidine rings is 1. The molecular weight excluding hydrogens is 280 g/mol. The number of carbonyl (C=O) groups excluding carboxylic acids is 1. The van der Waals surface area contributed by atoms with Crippen molar-refractivity contribution < 1.29 is 14.7 Å². The van der Waals surface area contributed by atoms with Crippen molar-refractivity contribution in [1.29, 1.82) is 0 Å². The van der Waals surface area contributed by atoms with Gasteiger partial charge in [-0.1, -0.05) is 39.0 Å². The van der Waals surface area contributed by atoms with Crippen molar-refractivity contribution in [2.45, 2.75) is 58.3 Å². The number of hydrogen-bond donors (Lipinski definition) is 2. The molecule has 1 saturated carbocycles. The quantitative estimate of drug-likeness (QED) is 0.820. The fourth-order valence-corrected chi connectivity index (χ4v) is 3.96. The Labute approximate surface area is 133 Å². The number of nitrogens with zero attached hydrogens (tertiary/aromatic N) is 1. The van der Waals surface area contributed by atoms with Crippen LogP contribution in [0.25, 0.3) is 0 Å². The molecule has 2 atom stereocenters. The van der Waals surface area contributed by atoms with Crippen molar-refractivity contribution in [1.82, 2.24) is 10.2 Å². The van der Waals surface area contributed by atoms with Crippen LogP contribution in [0.2, 0.25) is 0 Å². The largest absolute Gasteiger partial charge is 0.481 e. The summed E-state index contributed by atoms with van der Waals surface area (Å²) in [4.78, 5) is 25.0. The van der Waals surface area contributed by atoms with Crippen molar-refractivity contribution in [3.05, 3.63) is 0 Å². The third-order valence-corrected chi connectivity index (χ3v) is 5.37. The fraction of sp³-hybridized carbons (Fsp3) is 0.882. The number of carboxylic acids is 1. The SMILES string of the molecule is CCCC1CCCCC1CNC(=O)N1CCC(C(=O)O)CC1. The number of amides is 2. The van der Waals surface area contributed by atoms with Crippen LogP contribution < -0.4 is 5.32 Å². The fourth-order valence-electron chi connectivity index (χ4n) is 3.96. The highest BCUT2D eigenvalue weighted by Crippen LogP contribution is 2.32. The number of hydrogen-bond acceptors (Lipinski definition) is 2. The predicted molar refractivity (Wildman–Crippen MR) is 85.7 cm³/mol. The van der Waals surface area contributed by atoms with E-state index in [0.29, 0.717) is 31.8 Å². The van der Waals surface area contributed by atoms with E-state index in [1.807, 2.05) is 0 Å². The average molecular weight is 310 g/mol. The van der Waals surface area contributed by atoms with Gasteiger partial charge in [0.25, 0.3) is 0 Å². The molecule has 0 aromatic carbocycles. The maximum absolute atomic E-state index is 12.2. The first-order valence-corrected chi connectivity index (χ1v) is 8.87. The van der Waals surface area contributed by atoms with E-state index in [1.165, 1.54) is 38.5 Å². The molecule has 0 aromatic heterocycles. The van der Waals surface area contributed by atoms with E-state index in [1.54, 1.807) is 4.90 Å². The van der Waals surface area contributed by atoms with Gasteiger partial charge in [0.15, 0.2) is 0 Å². The second kappa shape index (κ2) is 8.39. The van der Waals surface area contributed by atoms with Gasteiger partial charge in [-0.25, -0.2) is 4.79 Å². The zero-order valence-corrected chi connectivity index (χ0v) is 13.7. The van der Waals surface area contributed by atoms with Crippen molar-refractivity contribution >= 4 is 12.0 Å². The van der Waals surface area contributed by atoms with Crippen molar-refractivity contribution in [3.8, 4) is 0 Å². The Balaban J connectivity index is 1.74. The Morgan fingerprint density at radius 1 is 1.09 bits per heavy atom. The molecule has 5 heteroatoms. The molecule has 2 N–H and O–H groups in total. The number of rotatable bonds is 5. The monoisotopic (exact) mass is 310 g/mol. The smallest absolute Gasteiger partial charge is 0.317 e. The standard InChI is InChI=1S/C17H30N2O3/c1-2-5-13-6-3-4-7-15(13)12-18-17(22)19-10-8-14(9-11-19)16(20)21/h13-15H,2-12H2,1H3,(H,18,22)(H,20,21). The van der Waals surface area contributed by atoms with Gasteiger partial charge < -0.3 is 15.3 Å². The molecule has 0 spiro atoms. The first-order valence-electron chi connectivity index (χ1n) is 8.87. The second-order valence-electron chi connectivity index (χ2n) is 6.88. The van der Waals surface area contributed by atoms with E-state index in [9.17, 15) is 9.59 Å². The minimum atomic E-state index is -0.732. The molecule has 1 aliphatic carbocycles. The normalized spacial score (nSPS) is 26.7. The van der Waals surface area contributed by atoms with Crippen molar-refractivity contribution in [2.24, 2.45) is 17.8 Å². The number of nitrogens with one attached hydrogen (secondary N) is 1. The third-order valence-electron chi connectivity index (χ3n) is 5.37. The molecule has 1 heterocycles. The molecule has 0 radical (unpaired) electrons. The first kappa shape index (κ1) is 17.1. The molecule has 2 rings (SSSR count). The Hall–Kier alpha value is -1.26. The van der Waals surface area contributed by atoms with Crippen LogP contribution in [0.3, 0.4) is 0 Å². The summed E-state index contributed by atoms with van der Waals surface area (Å²) in [5.74, 6) is 0.368. The highest BCUT2D eigenvalue weighted by Gasteiger charge is 2.28. The third kappa shape index (κ3) is 4.62. The van der Waals surface area contributed by atoms with E-state index in [2.05, 4.69) is 12.2 Å². The highest BCUT2D eigenvalue weighted by molar-refractivity contribution is 5.75. The molecule has 2 amide bonds. The second-order valence-corrected chi connectivity index (χ2v) is 6.88. The van der Waals surface area contributed by atoms with E-state index in [0.717, 1.165) is 12.5 Å². The molecule has 0 aromatic rings. The summed E-state index contributed by atoms with van der Waals surface area (Å²) >= 11 is 0. The molecule has 22 heavy (non-hydrogen) atoms. The molecule has 1 saturated heterocycles.